The molecule has 0 saturated carbocycles. The quantitative estimate of drug-likeness (QED) is 0.368. The molecule has 0 aliphatic rings. The van der Waals surface area contributed by atoms with Gasteiger partial charge in [0.1, 0.15) is 7.14 Å². The topological polar surface area (TPSA) is 82.5 Å². The van der Waals surface area contributed by atoms with Crippen LogP contribution in [0.3, 0.4) is 0 Å². The van der Waals surface area contributed by atoms with E-state index in [0.29, 0.717) is 10.6 Å². The van der Waals surface area contributed by atoms with Gasteiger partial charge in [0.15, 0.2) is 0 Å². The highest BCUT2D eigenvalue weighted by Crippen LogP contribution is 2.50. The molecule has 2 N–H and O–H groups in total. The number of amides is 1. The molecule has 0 bridgehead atoms. The van der Waals surface area contributed by atoms with Gasteiger partial charge in [0.05, 0.1) is 12.5 Å². The van der Waals surface area contributed by atoms with Crippen molar-refractivity contribution in [3.63, 3.8) is 0 Å². The van der Waals surface area contributed by atoms with E-state index in [1.165, 1.54) is 0 Å². The molecule has 23 heavy (non-hydrogen) atoms. The summed E-state index contributed by atoms with van der Waals surface area (Å²) in [7, 11) is -2.56. The maximum atomic E-state index is 12.5. The Morgan fingerprint density at radius 2 is 1.96 bits per heavy atom. The molecule has 2 aromatic rings. The highest BCUT2D eigenvalue weighted by Gasteiger charge is 2.26. The van der Waals surface area contributed by atoms with Gasteiger partial charge in [-0.3, -0.25) is 20.3 Å². The Bertz CT molecular complexity index is 688. The van der Waals surface area contributed by atoms with Crippen molar-refractivity contribution in [2.75, 3.05) is 20.0 Å². The average molecular weight is 333 g/mol. The van der Waals surface area contributed by atoms with Gasteiger partial charge in [0, 0.05) is 18.0 Å². The minimum Gasteiger partial charge on any atom is -0.322 e. The van der Waals surface area contributed by atoms with Gasteiger partial charge in [-0.25, -0.2) is 5.06 Å². The van der Waals surface area contributed by atoms with Crippen molar-refractivity contribution >= 4 is 13.0 Å². The minimum absolute atomic E-state index is 0.140. The summed E-state index contributed by atoms with van der Waals surface area (Å²) in [5.41, 5.74) is 1.13. The second kappa shape index (κ2) is 7.51. The van der Waals surface area contributed by atoms with Gasteiger partial charge in [-0.2, -0.15) is 0 Å². The highest BCUT2D eigenvalue weighted by molar-refractivity contribution is 7.62. The van der Waals surface area contributed by atoms with Crippen LogP contribution in [0.4, 0.5) is 0 Å². The van der Waals surface area contributed by atoms with Gasteiger partial charge in [-0.05, 0) is 37.1 Å². The Balaban J connectivity index is 2.07. The number of nitrogens with zero attached hydrogens (tertiary/aromatic N) is 2. The summed E-state index contributed by atoms with van der Waals surface area (Å²) in [5, 5.41) is 13.5. The summed E-state index contributed by atoms with van der Waals surface area (Å²) in [5.74, 6) is -1.01. The fourth-order valence-electron chi connectivity index (χ4n) is 2.21. The number of hydroxylamine groups is 2. The number of hydrogen-bond donors (Lipinski definition) is 2. The van der Waals surface area contributed by atoms with Crippen LogP contribution in [0.25, 0.3) is 0 Å². The summed E-state index contributed by atoms with van der Waals surface area (Å²) in [4.78, 5) is 16.1. The van der Waals surface area contributed by atoms with Gasteiger partial charge in [-0.15, -0.1) is 0 Å². The zero-order valence-corrected chi connectivity index (χ0v) is 14.0. The zero-order chi connectivity index (χ0) is 16.9. The SMILES string of the molecule is CP(C)(=O)C(NCN(O)C(=O)c1ccccc1)c1cccnc1. The third kappa shape index (κ3) is 4.73. The molecule has 1 unspecified atom stereocenters. The number of pyridine rings is 1. The first-order valence-corrected chi connectivity index (χ1v) is 9.80. The van der Waals surface area contributed by atoms with E-state index in [4.69, 9.17) is 0 Å². The number of benzene rings is 1. The van der Waals surface area contributed by atoms with Gasteiger partial charge in [-0.1, -0.05) is 24.3 Å². The third-order valence-electron chi connectivity index (χ3n) is 3.31. The summed E-state index contributed by atoms with van der Waals surface area (Å²) >= 11 is 0. The fraction of sp³-hybridized carbons (Fsp3) is 0.250. The molecule has 0 spiro atoms. The van der Waals surface area contributed by atoms with E-state index in [1.807, 2.05) is 6.07 Å². The van der Waals surface area contributed by atoms with Crippen molar-refractivity contribution in [2.45, 2.75) is 5.78 Å². The molecule has 122 valence electrons. The van der Waals surface area contributed by atoms with Crippen LogP contribution >= 0.6 is 7.14 Å². The molecule has 0 aliphatic carbocycles. The van der Waals surface area contributed by atoms with Crippen molar-refractivity contribution in [3.8, 4) is 0 Å². The molecule has 1 amide bonds. The Hall–Kier alpha value is -2.01. The minimum atomic E-state index is -2.56. The lowest BCUT2D eigenvalue weighted by molar-refractivity contribution is -0.0637. The van der Waals surface area contributed by atoms with E-state index in [0.717, 1.165) is 5.56 Å². The summed E-state index contributed by atoms with van der Waals surface area (Å²) in [6.07, 6.45) is 3.26. The van der Waals surface area contributed by atoms with Crippen molar-refractivity contribution < 1.29 is 14.6 Å². The van der Waals surface area contributed by atoms with Crippen molar-refractivity contribution in [1.82, 2.24) is 15.4 Å². The van der Waals surface area contributed by atoms with Crippen molar-refractivity contribution in [1.29, 1.82) is 0 Å². The molecule has 7 heteroatoms. The van der Waals surface area contributed by atoms with Gasteiger partial charge in [0.25, 0.3) is 5.91 Å². The molecule has 1 aromatic heterocycles. The molecule has 1 aromatic carbocycles. The van der Waals surface area contributed by atoms with Crippen LogP contribution in [-0.2, 0) is 4.57 Å². The van der Waals surface area contributed by atoms with Crippen molar-refractivity contribution in [2.24, 2.45) is 0 Å². The lowest BCUT2D eigenvalue weighted by Crippen LogP contribution is -2.38. The maximum absolute atomic E-state index is 12.5. The molecule has 1 heterocycles. The number of carbonyl (C=O) groups is 1. The molecule has 0 aliphatic heterocycles. The monoisotopic (exact) mass is 333 g/mol. The molecule has 2 rings (SSSR count). The average Bonchev–Trinajstić information content (AvgIpc) is 2.54. The second-order valence-electron chi connectivity index (χ2n) is 5.56. The van der Waals surface area contributed by atoms with Crippen LogP contribution < -0.4 is 5.32 Å². The largest absolute Gasteiger partial charge is 0.322 e. The first kappa shape index (κ1) is 17.3. The molecular weight excluding hydrogens is 313 g/mol. The summed E-state index contributed by atoms with van der Waals surface area (Å²) in [6, 6.07) is 12.0. The van der Waals surface area contributed by atoms with Crippen LogP contribution in [0.5, 0.6) is 0 Å². The van der Waals surface area contributed by atoms with Gasteiger partial charge < -0.3 is 4.57 Å². The Kier molecular flexibility index (Phi) is 5.66. The van der Waals surface area contributed by atoms with Gasteiger partial charge >= 0.3 is 0 Å². The van der Waals surface area contributed by atoms with Crippen LogP contribution in [0.1, 0.15) is 21.7 Å². The van der Waals surface area contributed by atoms with E-state index >= 15 is 0 Å². The Morgan fingerprint density at radius 3 is 2.52 bits per heavy atom. The van der Waals surface area contributed by atoms with Crippen LogP contribution in [0, 0.1) is 0 Å². The molecule has 0 radical (unpaired) electrons. The predicted octanol–water partition coefficient (Wildman–Crippen LogP) is 2.78. The predicted molar refractivity (Wildman–Crippen MR) is 88.8 cm³/mol. The normalized spacial score (nSPS) is 12.7. The molecule has 0 fully saturated rings. The Morgan fingerprint density at radius 1 is 1.26 bits per heavy atom. The zero-order valence-electron chi connectivity index (χ0n) is 13.1. The Labute approximate surface area is 135 Å². The maximum Gasteiger partial charge on any atom is 0.278 e. The molecular formula is C16H20N3O3P. The van der Waals surface area contributed by atoms with E-state index in [2.05, 4.69) is 10.3 Å². The fourth-order valence-corrected chi connectivity index (χ4v) is 3.60. The standard InChI is InChI=1S/C16H20N3O3P/c1-23(2,22)15(14-9-6-10-17-11-14)18-12-19(21)16(20)13-7-4-3-5-8-13/h3-11,15,18,21H,12H2,1-2H3. The number of hydrogen-bond acceptors (Lipinski definition) is 5. The number of aromatic nitrogens is 1. The summed E-state index contributed by atoms with van der Waals surface area (Å²) in [6.45, 7) is 3.16. The lowest BCUT2D eigenvalue weighted by Gasteiger charge is -2.25. The third-order valence-corrected chi connectivity index (χ3v) is 5.04. The second-order valence-corrected chi connectivity index (χ2v) is 8.94. The molecule has 6 nitrogen and oxygen atoms in total. The molecule has 1 atom stereocenters. The highest BCUT2D eigenvalue weighted by atomic mass is 31.2. The van der Waals surface area contributed by atoms with E-state index in [1.54, 1.807) is 62.1 Å². The van der Waals surface area contributed by atoms with Crippen LogP contribution in [0.15, 0.2) is 54.9 Å². The van der Waals surface area contributed by atoms with Gasteiger partial charge in [0.2, 0.25) is 0 Å². The van der Waals surface area contributed by atoms with E-state index < -0.39 is 18.8 Å². The number of nitrogens with one attached hydrogen (secondary N) is 1. The van der Waals surface area contributed by atoms with E-state index in [9.17, 15) is 14.6 Å². The number of rotatable bonds is 6. The summed E-state index contributed by atoms with van der Waals surface area (Å²) < 4.78 is 12.5. The first-order chi connectivity index (χ1) is 10.9. The smallest absolute Gasteiger partial charge is 0.278 e. The van der Waals surface area contributed by atoms with Crippen LogP contribution in [0.2, 0.25) is 0 Å². The number of carbonyl (C=O) groups excluding carboxylic acids is 1. The molecule has 0 saturated heterocycles. The van der Waals surface area contributed by atoms with Crippen molar-refractivity contribution in [3.05, 3.63) is 66.0 Å². The van der Waals surface area contributed by atoms with E-state index in [-0.39, 0.29) is 6.67 Å². The first-order valence-electron chi connectivity index (χ1n) is 7.13. The lowest BCUT2D eigenvalue weighted by atomic mass is 10.2. The van der Waals surface area contributed by atoms with Crippen LogP contribution in [-0.4, -0.2) is 41.2 Å².